The van der Waals surface area contributed by atoms with Crippen molar-refractivity contribution in [1.29, 1.82) is 0 Å². The van der Waals surface area contributed by atoms with Crippen LogP contribution in [0.15, 0.2) is 0 Å². The molecule has 0 radical (unpaired) electrons. The molecule has 1 aliphatic heterocycles. The van der Waals surface area contributed by atoms with Crippen molar-refractivity contribution in [3.05, 3.63) is 0 Å². The zero-order valence-electron chi connectivity index (χ0n) is 8.87. The first-order chi connectivity index (χ1) is 6.83. The Hall–Kier alpha value is -0.570. The van der Waals surface area contributed by atoms with E-state index in [1.54, 1.807) is 0 Å². The van der Waals surface area contributed by atoms with Crippen molar-refractivity contribution in [2.24, 2.45) is 0 Å². The molecular weight excluding hydrogens is 178 g/mol. The molecule has 1 saturated carbocycles. The van der Waals surface area contributed by atoms with E-state index >= 15 is 0 Å². The predicted octanol–water partition coefficient (Wildman–Crippen LogP) is 1.91. The summed E-state index contributed by atoms with van der Waals surface area (Å²) in [4.78, 5) is 13.4. The minimum absolute atomic E-state index is 0.0931. The van der Waals surface area contributed by atoms with Crippen LogP contribution < -0.4 is 0 Å². The van der Waals surface area contributed by atoms with Gasteiger partial charge in [-0.05, 0) is 19.8 Å². The summed E-state index contributed by atoms with van der Waals surface area (Å²) in [5, 5.41) is 0. The monoisotopic (exact) mass is 197 g/mol. The van der Waals surface area contributed by atoms with Gasteiger partial charge in [0, 0.05) is 12.6 Å². The van der Waals surface area contributed by atoms with Crippen LogP contribution in [-0.2, 0) is 9.53 Å². The number of carbonyl (C=O) groups excluding carboxylic acids is 1. The summed E-state index contributed by atoms with van der Waals surface area (Å²) in [6, 6.07) is 0.474. The fraction of sp³-hybridized carbons (Fsp3) is 0.909. The molecule has 0 aromatic heterocycles. The summed E-state index contributed by atoms with van der Waals surface area (Å²) in [6.45, 7) is 2.70. The van der Waals surface area contributed by atoms with Gasteiger partial charge in [0.15, 0.2) is 0 Å². The van der Waals surface area contributed by atoms with Crippen LogP contribution in [0.2, 0.25) is 0 Å². The molecule has 1 aliphatic carbocycles. The first kappa shape index (κ1) is 9.97. The highest BCUT2D eigenvalue weighted by Gasteiger charge is 2.41. The highest BCUT2D eigenvalue weighted by molar-refractivity contribution is 5.82. The molecule has 80 valence electrons. The number of hydrogen-bond acceptors (Lipinski definition) is 2. The van der Waals surface area contributed by atoms with Crippen molar-refractivity contribution in [3.8, 4) is 0 Å². The van der Waals surface area contributed by atoms with Gasteiger partial charge in [0.25, 0.3) is 0 Å². The average molecular weight is 197 g/mol. The molecule has 2 aliphatic rings. The van der Waals surface area contributed by atoms with Gasteiger partial charge in [0.05, 0.1) is 6.42 Å². The molecule has 0 spiro atoms. The number of ether oxygens (including phenoxy) is 1. The molecule has 0 N–H and O–H groups in total. The molecule has 0 bridgehead atoms. The molecule has 0 aromatic carbocycles. The number of nitrogens with zero attached hydrogens (tertiary/aromatic N) is 1. The lowest BCUT2D eigenvalue weighted by Crippen LogP contribution is -2.58. The lowest BCUT2D eigenvalue weighted by atomic mass is 9.91. The largest absolute Gasteiger partial charge is 0.358 e. The molecular formula is C11H19NO2. The highest BCUT2D eigenvalue weighted by atomic mass is 16.5. The zero-order chi connectivity index (χ0) is 9.97. The van der Waals surface area contributed by atoms with Gasteiger partial charge in [-0.2, -0.15) is 0 Å². The number of amides is 1. The van der Waals surface area contributed by atoms with Gasteiger partial charge < -0.3 is 9.64 Å². The molecule has 1 amide bonds. The SMILES string of the molecule is CCOC1CC(=O)N1C1CCCCC1. The van der Waals surface area contributed by atoms with Crippen LogP contribution in [0, 0.1) is 0 Å². The van der Waals surface area contributed by atoms with Gasteiger partial charge in [-0.25, -0.2) is 0 Å². The lowest BCUT2D eigenvalue weighted by molar-refractivity contribution is -0.182. The fourth-order valence-electron chi connectivity index (χ4n) is 2.53. The van der Waals surface area contributed by atoms with Crippen LogP contribution in [0.4, 0.5) is 0 Å². The molecule has 1 heterocycles. The van der Waals surface area contributed by atoms with E-state index in [-0.39, 0.29) is 12.1 Å². The van der Waals surface area contributed by atoms with Crippen molar-refractivity contribution in [2.45, 2.75) is 57.7 Å². The molecule has 3 heteroatoms. The van der Waals surface area contributed by atoms with E-state index in [9.17, 15) is 4.79 Å². The van der Waals surface area contributed by atoms with Crippen LogP contribution in [0.1, 0.15) is 45.4 Å². The summed E-state index contributed by atoms with van der Waals surface area (Å²) >= 11 is 0. The quantitative estimate of drug-likeness (QED) is 0.647. The van der Waals surface area contributed by atoms with Crippen LogP contribution in [0.25, 0.3) is 0 Å². The lowest BCUT2D eigenvalue weighted by Gasteiger charge is -2.46. The minimum Gasteiger partial charge on any atom is -0.358 e. The van der Waals surface area contributed by atoms with Crippen molar-refractivity contribution in [2.75, 3.05) is 6.61 Å². The predicted molar refractivity (Wildman–Crippen MR) is 53.8 cm³/mol. The Bertz CT molecular complexity index is 211. The van der Waals surface area contributed by atoms with Crippen molar-refractivity contribution in [3.63, 3.8) is 0 Å². The first-order valence-electron chi connectivity index (χ1n) is 5.75. The first-order valence-corrected chi connectivity index (χ1v) is 5.75. The maximum Gasteiger partial charge on any atom is 0.229 e. The van der Waals surface area contributed by atoms with E-state index in [1.165, 1.54) is 32.1 Å². The van der Waals surface area contributed by atoms with E-state index in [0.717, 1.165) is 0 Å². The second-order valence-electron chi connectivity index (χ2n) is 4.21. The second kappa shape index (κ2) is 4.30. The Kier molecular flexibility index (Phi) is 3.06. The van der Waals surface area contributed by atoms with Crippen LogP contribution in [-0.4, -0.2) is 29.7 Å². The number of likely N-dealkylation sites (tertiary alicyclic amines) is 1. The third-order valence-corrected chi connectivity index (χ3v) is 3.27. The number of carbonyl (C=O) groups is 1. The third-order valence-electron chi connectivity index (χ3n) is 3.27. The van der Waals surface area contributed by atoms with Crippen molar-refractivity contribution >= 4 is 5.91 Å². The number of β-lactam (4-membered cyclic amide) rings is 1. The van der Waals surface area contributed by atoms with Gasteiger partial charge in [-0.15, -0.1) is 0 Å². The van der Waals surface area contributed by atoms with Gasteiger partial charge in [0.2, 0.25) is 5.91 Å². The molecule has 1 atom stereocenters. The number of hydrogen-bond donors (Lipinski definition) is 0. The van der Waals surface area contributed by atoms with E-state index in [0.29, 0.717) is 19.1 Å². The van der Waals surface area contributed by atoms with E-state index in [1.807, 2.05) is 11.8 Å². The summed E-state index contributed by atoms with van der Waals surface area (Å²) in [5.74, 6) is 0.287. The Balaban J connectivity index is 1.90. The standard InChI is InChI=1S/C11H19NO2/c1-2-14-11-8-10(13)12(11)9-6-4-3-5-7-9/h9,11H,2-8H2,1H3. The van der Waals surface area contributed by atoms with E-state index < -0.39 is 0 Å². The van der Waals surface area contributed by atoms with Crippen LogP contribution in [0.5, 0.6) is 0 Å². The molecule has 3 nitrogen and oxygen atoms in total. The minimum atomic E-state index is 0.0931. The fourth-order valence-corrected chi connectivity index (χ4v) is 2.53. The topological polar surface area (TPSA) is 29.5 Å². The van der Waals surface area contributed by atoms with Crippen molar-refractivity contribution < 1.29 is 9.53 Å². The Morgan fingerprint density at radius 1 is 1.36 bits per heavy atom. The summed E-state index contributed by atoms with van der Waals surface area (Å²) in [5.41, 5.74) is 0. The summed E-state index contributed by atoms with van der Waals surface area (Å²) in [6.07, 6.45) is 6.92. The molecule has 2 fully saturated rings. The van der Waals surface area contributed by atoms with Gasteiger partial charge in [-0.3, -0.25) is 4.79 Å². The van der Waals surface area contributed by atoms with E-state index in [2.05, 4.69) is 0 Å². The van der Waals surface area contributed by atoms with Gasteiger partial charge in [0.1, 0.15) is 6.23 Å². The average Bonchev–Trinajstić information content (AvgIpc) is 2.19. The third kappa shape index (κ3) is 1.78. The van der Waals surface area contributed by atoms with Crippen molar-refractivity contribution in [1.82, 2.24) is 4.90 Å². The molecule has 1 unspecified atom stereocenters. The van der Waals surface area contributed by atoms with E-state index in [4.69, 9.17) is 4.74 Å². The summed E-state index contributed by atoms with van der Waals surface area (Å²) < 4.78 is 5.52. The van der Waals surface area contributed by atoms with Gasteiger partial charge >= 0.3 is 0 Å². The molecule has 1 saturated heterocycles. The number of rotatable bonds is 3. The maximum absolute atomic E-state index is 11.5. The second-order valence-corrected chi connectivity index (χ2v) is 4.21. The van der Waals surface area contributed by atoms with Gasteiger partial charge in [-0.1, -0.05) is 19.3 Å². The molecule has 0 aromatic rings. The smallest absolute Gasteiger partial charge is 0.229 e. The Morgan fingerprint density at radius 2 is 2.07 bits per heavy atom. The maximum atomic E-state index is 11.5. The van der Waals surface area contributed by atoms with Crippen LogP contribution in [0.3, 0.4) is 0 Å². The highest BCUT2D eigenvalue weighted by Crippen LogP contribution is 2.31. The zero-order valence-corrected chi connectivity index (χ0v) is 8.87. The summed E-state index contributed by atoms with van der Waals surface area (Å²) in [7, 11) is 0. The molecule has 14 heavy (non-hydrogen) atoms. The molecule has 2 rings (SSSR count). The normalized spacial score (nSPS) is 29.1. The Morgan fingerprint density at radius 3 is 2.64 bits per heavy atom. The Labute approximate surface area is 85.4 Å². The van der Waals surface area contributed by atoms with Crippen LogP contribution >= 0.6 is 0 Å².